The summed E-state index contributed by atoms with van der Waals surface area (Å²) in [7, 11) is 4.10. The maximum Gasteiger partial charge on any atom is 0.287 e. The molecule has 1 amide bonds. The van der Waals surface area contributed by atoms with Crippen LogP contribution in [0.2, 0.25) is 0 Å². The summed E-state index contributed by atoms with van der Waals surface area (Å²) in [6.07, 6.45) is 1.06. The van der Waals surface area contributed by atoms with Crippen LogP contribution in [0.25, 0.3) is 0 Å². The zero-order valence-corrected chi connectivity index (χ0v) is 14.9. The second-order valence-corrected chi connectivity index (χ2v) is 7.68. The third-order valence-electron chi connectivity index (χ3n) is 3.93. The zero-order chi connectivity index (χ0) is 17.1. The number of carbonyl (C=O) groups is 1. The van der Waals surface area contributed by atoms with Crippen molar-refractivity contribution in [2.75, 3.05) is 32.1 Å². The Kier molecular flexibility index (Phi) is 5.45. The minimum atomic E-state index is -1.09. The summed E-state index contributed by atoms with van der Waals surface area (Å²) >= 11 is 1.91. The van der Waals surface area contributed by atoms with Crippen LogP contribution < -0.4 is 5.32 Å². The van der Waals surface area contributed by atoms with Crippen LogP contribution in [-0.2, 0) is 0 Å². The predicted molar refractivity (Wildman–Crippen MR) is 92.6 cm³/mol. The van der Waals surface area contributed by atoms with Gasteiger partial charge < -0.3 is 19.7 Å². The van der Waals surface area contributed by atoms with E-state index in [0.717, 1.165) is 17.9 Å². The Morgan fingerprint density at radius 2 is 2.26 bits per heavy atom. The minimum absolute atomic E-state index is 0.0104. The molecule has 2 heterocycles. The fraction of sp³-hybridized carbons (Fsp3) is 0.588. The molecule has 126 valence electrons. The molecule has 0 radical (unpaired) electrons. The monoisotopic (exact) mass is 336 g/mol. The second-order valence-electron chi connectivity index (χ2n) is 6.58. The molecule has 2 rings (SSSR count). The number of hydrogen-bond donors (Lipinski definition) is 2. The third kappa shape index (κ3) is 4.77. The standard InChI is InChI=1S/C17H24N2O3S/c1-16(2,21)8-7-13-5-6-14(22-13)15(20)18-11-17(19(3)4)9-10-23-12-17/h5-6,21H,9-12H2,1-4H3,(H,18,20)/t17-/m0/s1. The molecule has 0 unspecified atom stereocenters. The number of furan rings is 1. The molecular formula is C17H24N2O3S. The molecule has 1 aliphatic rings. The highest BCUT2D eigenvalue weighted by Crippen LogP contribution is 2.31. The molecule has 0 aromatic carbocycles. The van der Waals surface area contributed by atoms with Crippen LogP contribution in [0.3, 0.4) is 0 Å². The van der Waals surface area contributed by atoms with Crippen molar-refractivity contribution in [3.8, 4) is 11.8 Å². The fourth-order valence-corrected chi connectivity index (χ4v) is 3.87. The van der Waals surface area contributed by atoms with Crippen LogP contribution in [-0.4, -0.2) is 59.2 Å². The van der Waals surface area contributed by atoms with Gasteiger partial charge in [-0.1, -0.05) is 5.92 Å². The summed E-state index contributed by atoms with van der Waals surface area (Å²) in [5.74, 6) is 7.89. The van der Waals surface area contributed by atoms with Crippen LogP contribution in [0.1, 0.15) is 36.6 Å². The molecule has 5 nitrogen and oxygen atoms in total. The van der Waals surface area contributed by atoms with Crippen molar-refractivity contribution >= 4 is 17.7 Å². The molecule has 1 aliphatic heterocycles. The van der Waals surface area contributed by atoms with Crippen LogP contribution in [0.5, 0.6) is 0 Å². The van der Waals surface area contributed by atoms with Gasteiger partial charge in [0.05, 0.1) is 0 Å². The van der Waals surface area contributed by atoms with Gasteiger partial charge in [-0.2, -0.15) is 11.8 Å². The van der Waals surface area contributed by atoms with Crippen LogP contribution >= 0.6 is 11.8 Å². The first kappa shape index (κ1) is 17.9. The van der Waals surface area contributed by atoms with E-state index in [-0.39, 0.29) is 17.2 Å². The molecule has 2 N–H and O–H groups in total. The summed E-state index contributed by atoms with van der Waals surface area (Å²) in [6.45, 7) is 3.78. The second kappa shape index (κ2) is 7.00. The lowest BCUT2D eigenvalue weighted by Crippen LogP contribution is -2.52. The first-order valence-corrected chi connectivity index (χ1v) is 8.76. The molecule has 6 heteroatoms. The summed E-state index contributed by atoms with van der Waals surface area (Å²) in [5, 5.41) is 12.5. The van der Waals surface area contributed by atoms with E-state index in [1.807, 2.05) is 11.8 Å². The molecule has 0 spiro atoms. The van der Waals surface area contributed by atoms with Gasteiger partial charge >= 0.3 is 0 Å². The molecule has 1 saturated heterocycles. The maximum absolute atomic E-state index is 12.3. The Morgan fingerprint density at radius 3 is 2.83 bits per heavy atom. The lowest BCUT2D eigenvalue weighted by atomic mass is 9.97. The number of likely N-dealkylation sites (N-methyl/N-ethyl adjacent to an activating group) is 1. The summed E-state index contributed by atoms with van der Waals surface area (Å²) in [4.78, 5) is 14.4. The van der Waals surface area contributed by atoms with Crippen molar-refractivity contribution in [2.24, 2.45) is 0 Å². The van der Waals surface area contributed by atoms with E-state index in [1.54, 1.807) is 26.0 Å². The van der Waals surface area contributed by atoms with Gasteiger partial charge in [0.1, 0.15) is 5.60 Å². The fourth-order valence-electron chi connectivity index (χ4n) is 2.32. The molecule has 23 heavy (non-hydrogen) atoms. The lowest BCUT2D eigenvalue weighted by Gasteiger charge is -2.35. The van der Waals surface area contributed by atoms with E-state index < -0.39 is 5.60 Å². The highest BCUT2D eigenvalue weighted by atomic mass is 32.2. The summed E-state index contributed by atoms with van der Waals surface area (Å²) in [6, 6.07) is 3.25. The maximum atomic E-state index is 12.3. The van der Waals surface area contributed by atoms with E-state index >= 15 is 0 Å². The smallest absolute Gasteiger partial charge is 0.287 e. The van der Waals surface area contributed by atoms with Crippen molar-refractivity contribution in [2.45, 2.75) is 31.4 Å². The normalized spacial score (nSPS) is 21.1. The number of hydrogen-bond acceptors (Lipinski definition) is 5. The number of nitrogens with one attached hydrogen (secondary N) is 1. The number of nitrogens with zero attached hydrogens (tertiary/aromatic N) is 1. The van der Waals surface area contributed by atoms with Crippen molar-refractivity contribution in [3.63, 3.8) is 0 Å². The Bertz CT molecular complexity index is 614. The van der Waals surface area contributed by atoms with E-state index in [0.29, 0.717) is 12.3 Å². The Balaban J connectivity index is 1.98. The Labute approximate surface area is 141 Å². The first-order chi connectivity index (χ1) is 10.7. The number of amides is 1. The molecule has 0 bridgehead atoms. The van der Waals surface area contributed by atoms with Gasteiger partial charge in [0, 0.05) is 17.8 Å². The number of carbonyl (C=O) groups excluding carboxylic acids is 1. The largest absolute Gasteiger partial charge is 0.443 e. The SMILES string of the molecule is CN(C)[C@]1(CNC(=O)c2ccc(C#CC(C)(C)O)o2)CCSC1. The van der Waals surface area contributed by atoms with Crippen molar-refractivity contribution in [3.05, 3.63) is 23.7 Å². The number of rotatable bonds is 4. The summed E-state index contributed by atoms with van der Waals surface area (Å²) < 4.78 is 5.43. The van der Waals surface area contributed by atoms with Crippen molar-refractivity contribution in [1.29, 1.82) is 0 Å². The lowest BCUT2D eigenvalue weighted by molar-refractivity contribution is 0.0886. The van der Waals surface area contributed by atoms with E-state index in [4.69, 9.17) is 4.42 Å². The number of aliphatic hydroxyl groups is 1. The van der Waals surface area contributed by atoms with E-state index in [2.05, 4.69) is 36.2 Å². The molecular weight excluding hydrogens is 312 g/mol. The third-order valence-corrected chi connectivity index (χ3v) is 5.16. The van der Waals surface area contributed by atoms with E-state index in [1.165, 1.54) is 0 Å². The molecule has 0 aliphatic carbocycles. The number of thioether (sulfide) groups is 1. The highest BCUT2D eigenvalue weighted by Gasteiger charge is 2.37. The predicted octanol–water partition coefficient (Wildman–Crippen LogP) is 1.57. The highest BCUT2D eigenvalue weighted by molar-refractivity contribution is 7.99. The Hall–Kier alpha value is -1.42. The van der Waals surface area contributed by atoms with Crippen molar-refractivity contribution in [1.82, 2.24) is 10.2 Å². The van der Waals surface area contributed by atoms with Gasteiger partial charge in [-0.15, -0.1) is 0 Å². The minimum Gasteiger partial charge on any atom is -0.443 e. The average Bonchev–Trinajstić information content (AvgIpc) is 3.12. The van der Waals surface area contributed by atoms with E-state index in [9.17, 15) is 9.90 Å². The molecule has 0 saturated carbocycles. The van der Waals surface area contributed by atoms with Gasteiger partial charge in [0.15, 0.2) is 11.5 Å². The molecule has 1 aromatic rings. The van der Waals surface area contributed by atoms with Gasteiger partial charge in [-0.25, -0.2) is 0 Å². The first-order valence-electron chi connectivity index (χ1n) is 7.61. The topological polar surface area (TPSA) is 65.7 Å². The molecule has 1 aromatic heterocycles. The summed E-state index contributed by atoms with van der Waals surface area (Å²) in [5.41, 5.74) is -1.08. The molecule has 1 atom stereocenters. The van der Waals surface area contributed by atoms with Crippen LogP contribution in [0, 0.1) is 11.8 Å². The van der Waals surface area contributed by atoms with Crippen LogP contribution in [0.15, 0.2) is 16.5 Å². The van der Waals surface area contributed by atoms with Gasteiger partial charge in [-0.05, 0) is 58.2 Å². The zero-order valence-electron chi connectivity index (χ0n) is 14.1. The van der Waals surface area contributed by atoms with Gasteiger partial charge in [0.2, 0.25) is 0 Å². The average molecular weight is 336 g/mol. The van der Waals surface area contributed by atoms with Gasteiger partial charge in [0.25, 0.3) is 5.91 Å². The van der Waals surface area contributed by atoms with Crippen molar-refractivity contribution < 1.29 is 14.3 Å². The van der Waals surface area contributed by atoms with Gasteiger partial charge in [-0.3, -0.25) is 4.79 Å². The molecule has 1 fully saturated rings. The quantitative estimate of drug-likeness (QED) is 0.817. The Morgan fingerprint density at radius 1 is 1.52 bits per heavy atom. The van der Waals surface area contributed by atoms with Crippen LogP contribution in [0.4, 0.5) is 0 Å².